The molecule has 2 atom stereocenters. The van der Waals surface area contributed by atoms with Crippen molar-refractivity contribution in [3.63, 3.8) is 0 Å². The van der Waals surface area contributed by atoms with Gasteiger partial charge in [-0.15, -0.1) is 6.58 Å². The summed E-state index contributed by atoms with van der Waals surface area (Å²) in [6.07, 6.45) is 3.59. The Morgan fingerprint density at radius 1 is 1.65 bits per heavy atom. The standard InChI is InChI=1S/C13H21NO3/c1-4-6-11(10(2)9-17-3)13(16)14-8-5-7-12(14)15/h4,10-11H,1,5-9H2,2-3H3/t10-,11+/m0/s1. The molecule has 0 saturated carbocycles. The Kier molecular flexibility index (Phi) is 5.35. The van der Waals surface area contributed by atoms with Gasteiger partial charge in [-0.05, 0) is 18.8 Å². The van der Waals surface area contributed by atoms with Gasteiger partial charge in [-0.3, -0.25) is 14.5 Å². The Hall–Kier alpha value is -1.16. The van der Waals surface area contributed by atoms with E-state index in [4.69, 9.17) is 4.74 Å². The SMILES string of the molecule is C=CC[C@@H](C(=O)N1CCCC1=O)[C@@H](C)COC. The normalized spacial score (nSPS) is 19.2. The summed E-state index contributed by atoms with van der Waals surface area (Å²) in [5.41, 5.74) is 0. The van der Waals surface area contributed by atoms with Crippen LogP contribution in [-0.4, -0.2) is 37.0 Å². The summed E-state index contributed by atoms with van der Waals surface area (Å²) < 4.78 is 5.08. The Bertz CT molecular complexity index is 301. The number of ether oxygens (including phenoxy) is 1. The highest BCUT2D eigenvalue weighted by Gasteiger charge is 2.33. The summed E-state index contributed by atoms with van der Waals surface area (Å²) >= 11 is 0. The number of imide groups is 1. The van der Waals surface area contributed by atoms with Gasteiger partial charge in [-0.25, -0.2) is 0 Å². The monoisotopic (exact) mass is 239 g/mol. The molecule has 0 N–H and O–H groups in total. The minimum Gasteiger partial charge on any atom is -0.384 e. The fraction of sp³-hybridized carbons (Fsp3) is 0.692. The lowest BCUT2D eigenvalue weighted by Crippen LogP contribution is -2.40. The van der Waals surface area contributed by atoms with E-state index in [2.05, 4.69) is 6.58 Å². The van der Waals surface area contributed by atoms with Crippen molar-refractivity contribution in [2.45, 2.75) is 26.2 Å². The van der Waals surface area contributed by atoms with Crippen LogP contribution in [0.25, 0.3) is 0 Å². The summed E-state index contributed by atoms with van der Waals surface area (Å²) in [6.45, 7) is 6.72. The van der Waals surface area contributed by atoms with E-state index in [-0.39, 0.29) is 23.7 Å². The van der Waals surface area contributed by atoms with Crippen LogP contribution in [0.15, 0.2) is 12.7 Å². The lowest BCUT2D eigenvalue weighted by Gasteiger charge is -2.25. The maximum atomic E-state index is 12.3. The first-order valence-electron chi connectivity index (χ1n) is 6.05. The third kappa shape index (κ3) is 3.40. The van der Waals surface area contributed by atoms with Crippen LogP contribution in [-0.2, 0) is 14.3 Å². The molecule has 1 fully saturated rings. The van der Waals surface area contributed by atoms with Crippen molar-refractivity contribution in [3.05, 3.63) is 12.7 Å². The third-order valence-electron chi connectivity index (χ3n) is 3.19. The second-order valence-electron chi connectivity index (χ2n) is 4.55. The lowest BCUT2D eigenvalue weighted by atomic mass is 9.90. The van der Waals surface area contributed by atoms with Gasteiger partial charge in [0, 0.05) is 32.6 Å². The summed E-state index contributed by atoms with van der Waals surface area (Å²) in [5, 5.41) is 0. The number of hydrogen-bond donors (Lipinski definition) is 0. The van der Waals surface area contributed by atoms with E-state index in [9.17, 15) is 9.59 Å². The molecule has 1 aliphatic heterocycles. The van der Waals surface area contributed by atoms with Gasteiger partial charge in [0.05, 0.1) is 0 Å². The number of rotatable bonds is 6. The molecule has 1 heterocycles. The van der Waals surface area contributed by atoms with Crippen molar-refractivity contribution in [1.29, 1.82) is 0 Å². The van der Waals surface area contributed by atoms with Gasteiger partial charge in [0.25, 0.3) is 0 Å². The number of allylic oxidation sites excluding steroid dienone is 1. The fourth-order valence-electron chi connectivity index (χ4n) is 2.22. The average molecular weight is 239 g/mol. The quantitative estimate of drug-likeness (QED) is 0.662. The van der Waals surface area contributed by atoms with Crippen LogP contribution in [0.5, 0.6) is 0 Å². The zero-order valence-corrected chi connectivity index (χ0v) is 10.6. The summed E-state index contributed by atoms with van der Waals surface area (Å²) in [5.74, 6) is -0.223. The average Bonchev–Trinajstić information content (AvgIpc) is 2.71. The molecule has 0 unspecified atom stereocenters. The van der Waals surface area contributed by atoms with E-state index >= 15 is 0 Å². The predicted molar refractivity (Wildman–Crippen MR) is 65.3 cm³/mol. The number of carbonyl (C=O) groups excluding carboxylic acids is 2. The second-order valence-corrected chi connectivity index (χ2v) is 4.55. The Balaban J connectivity index is 2.71. The topological polar surface area (TPSA) is 46.6 Å². The smallest absolute Gasteiger partial charge is 0.232 e. The number of hydrogen-bond acceptors (Lipinski definition) is 3. The van der Waals surface area contributed by atoms with Gasteiger partial charge < -0.3 is 4.74 Å². The van der Waals surface area contributed by atoms with Gasteiger partial charge in [-0.2, -0.15) is 0 Å². The van der Waals surface area contributed by atoms with Crippen LogP contribution in [0, 0.1) is 11.8 Å². The molecule has 96 valence electrons. The van der Waals surface area contributed by atoms with Gasteiger partial charge in [0.2, 0.25) is 11.8 Å². The van der Waals surface area contributed by atoms with Crippen LogP contribution < -0.4 is 0 Å². The van der Waals surface area contributed by atoms with E-state index < -0.39 is 0 Å². The molecular formula is C13H21NO3. The first-order valence-corrected chi connectivity index (χ1v) is 6.05. The van der Waals surface area contributed by atoms with Crippen molar-refractivity contribution in [2.75, 3.05) is 20.3 Å². The van der Waals surface area contributed by atoms with Crippen molar-refractivity contribution in [2.24, 2.45) is 11.8 Å². The molecule has 4 nitrogen and oxygen atoms in total. The van der Waals surface area contributed by atoms with E-state index in [1.165, 1.54) is 4.90 Å². The Morgan fingerprint density at radius 2 is 2.35 bits per heavy atom. The van der Waals surface area contributed by atoms with Gasteiger partial charge in [0.1, 0.15) is 0 Å². The van der Waals surface area contributed by atoms with Crippen molar-refractivity contribution in [1.82, 2.24) is 4.90 Å². The Labute approximate surface area is 103 Å². The second kappa shape index (κ2) is 6.55. The van der Waals surface area contributed by atoms with Crippen molar-refractivity contribution in [3.8, 4) is 0 Å². The maximum Gasteiger partial charge on any atom is 0.232 e. The van der Waals surface area contributed by atoms with E-state index in [1.807, 2.05) is 6.92 Å². The molecule has 1 rings (SSSR count). The molecule has 0 aromatic rings. The maximum absolute atomic E-state index is 12.3. The highest BCUT2D eigenvalue weighted by atomic mass is 16.5. The van der Waals surface area contributed by atoms with E-state index in [0.29, 0.717) is 26.0 Å². The zero-order chi connectivity index (χ0) is 12.8. The highest BCUT2D eigenvalue weighted by Crippen LogP contribution is 2.22. The minimum absolute atomic E-state index is 0.0475. The summed E-state index contributed by atoms with van der Waals surface area (Å²) in [4.78, 5) is 25.2. The number of methoxy groups -OCH3 is 1. The van der Waals surface area contributed by atoms with E-state index in [1.54, 1.807) is 13.2 Å². The molecule has 0 aromatic heterocycles. The van der Waals surface area contributed by atoms with Crippen LogP contribution in [0.4, 0.5) is 0 Å². The molecule has 1 saturated heterocycles. The Morgan fingerprint density at radius 3 is 2.82 bits per heavy atom. The number of likely N-dealkylation sites (tertiary alicyclic amines) is 1. The van der Waals surface area contributed by atoms with Crippen LogP contribution in [0.2, 0.25) is 0 Å². The third-order valence-corrected chi connectivity index (χ3v) is 3.19. The summed E-state index contributed by atoms with van der Waals surface area (Å²) in [7, 11) is 1.62. The highest BCUT2D eigenvalue weighted by molar-refractivity contribution is 5.97. The largest absolute Gasteiger partial charge is 0.384 e. The number of carbonyl (C=O) groups is 2. The lowest BCUT2D eigenvalue weighted by molar-refractivity contribution is -0.146. The number of nitrogens with zero attached hydrogens (tertiary/aromatic N) is 1. The zero-order valence-electron chi connectivity index (χ0n) is 10.6. The first-order chi connectivity index (χ1) is 8.11. The molecule has 0 radical (unpaired) electrons. The summed E-state index contributed by atoms with van der Waals surface area (Å²) in [6, 6.07) is 0. The molecule has 0 bridgehead atoms. The molecular weight excluding hydrogens is 218 g/mol. The molecule has 17 heavy (non-hydrogen) atoms. The van der Waals surface area contributed by atoms with Gasteiger partial charge in [-0.1, -0.05) is 13.0 Å². The minimum atomic E-state index is -0.200. The molecule has 2 amide bonds. The molecule has 0 aliphatic carbocycles. The van der Waals surface area contributed by atoms with Gasteiger partial charge >= 0.3 is 0 Å². The predicted octanol–water partition coefficient (Wildman–Crippen LogP) is 1.61. The van der Waals surface area contributed by atoms with Crippen LogP contribution >= 0.6 is 0 Å². The first kappa shape index (κ1) is 13.9. The van der Waals surface area contributed by atoms with Crippen LogP contribution in [0.3, 0.4) is 0 Å². The molecule has 0 aromatic carbocycles. The van der Waals surface area contributed by atoms with E-state index in [0.717, 1.165) is 6.42 Å². The van der Waals surface area contributed by atoms with Crippen molar-refractivity contribution < 1.29 is 14.3 Å². The molecule has 1 aliphatic rings. The van der Waals surface area contributed by atoms with Gasteiger partial charge in [0.15, 0.2) is 0 Å². The van der Waals surface area contributed by atoms with Crippen LogP contribution in [0.1, 0.15) is 26.2 Å². The molecule has 0 spiro atoms. The number of amides is 2. The fourth-order valence-corrected chi connectivity index (χ4v) is 2.22. The molecule has 4 heteroatoms. The van der Waals surface area contributed by atoms with Crippen molar-refractivity contribution >= 4 is 11.8 Å².